The number of aromatic nitrogens is 1. The molecule has 80 valence electrons. The van der Waals surface area contributed by atoms with E-state index in [2.05, 4.69) is 33.9 Å². The molecule has 2 rings (SSSR count). The number of pyridine rings is 1. The van der Waals surface area contributed by atoms with Crippen LogP contribution in [0.25, 0.3) is 12.7 Å². The van der Waals surface area contributed by atoms with Gasteiger partial charge in [-0.2, -0.15) is 0 Å². The Morgan fingerprint density at radius 3 is 2.73 bits per heavy atom. The van der Waals surface area contributed by atoms with Gasteiger partial charge >= 0.3 is 0 Å². The van der Waals surface area contributed by atoms with Crippen LogP contribution in [-0.4, -0.2) is 31.2 Å². The lowest BCUT2D eigenvalue weighted by Gasteiger charge is -2.28. The number of nitrogens with one attached hydrogen (secondary N) is 1. The molecule has 0 unspecified atom stereocenters. The monoisotopic (exact) mass is 203 g/mol. The van der Waals surface area contributed by atoms with Crippen LogP contribution in [0.2, 0.25) is 0 Å². The van der Waals surface area contributed by atoms with Crippen molar-refractivity contribution < 1.29 is 0 Å². The van der Waals surface area contributed by atoms with E-state index in [0.29, 0.717) is 0 Å². The third-order valence-corrected chi connectivity index (χ3v) is 2.75. The first-order valence-corrected chi connectivity index (χ1v) is 5.39. The lowest BCUT2D eigenvalue weighted by Crippen LogP contribution is -2.44. The fraction of sp³-hybridized carbons (Fsp3) is 0.417. The van der Waals surface area contributed by atoms with Crippen LogP contribution in [0.15, 0.2) is 12.1 Å². The number of piperazine rings is 1. The van der Waals surface area contributed by atoms with E-state index in [-0.39, 0.29) is 0 Å². The van der Waals surface area contributed by atoms with Crippen molar-refractivity contribution in [3.8, 4) is 0 Å². The molecule has 0 atom stereocenters. The van der Waals surface area contributed by atoms with Crippen molar-refractivity contribution in [1.29, 1.82) is 0 Å². The van der Waals surface area contributed by atoms with Crippen LogP contribution in [0.4, 0.5) is 5.82 Å². The van der Waals surface area contributed by atoms with Gasteiger partial charge in [-0.15, -0.1) is 0 Å². The Balaban J connectivity index is 2.29. The van der Waals surface area contributed by atoms with Crippen molar-refractivity contribution in [2.24, 2.45) is 0 Å². The molecule has 1 aromatic heterocycles. The molecule has 1 fully saturated rings. The lowest BCUT2D eigenvalue weighted by molar-refractivity contribution is 0.584. The third-order valence-electron chi connectivity index (χ3n) is 2.75. The Labute approximate surface area is 90.1 Å². The summed E-state index contributed by atoms with van der Waals surface area (Å²) in [5.74, 6) is 1.05. The fourth-order valence-electron chi connectivity index (χ4n) is 1.83. The second-order valence-electron chi connectivity index (χ2n) is 3.73. The van der Waals surface area contributed by atoms with E-state index < -0.39 is 0 Å². The van der Waals surface area contributed by atoms with Gasteiger partial charge in [0.2, 0.25) is 0 Å². The summed E-state index contributed by atoms with van der Waals surface area (Å²) >= 11 is 0. The van der Waals surface area contributed by atoms with Gasteiger partial charge < -0.3 is 10.2 Å². The van der Waals surface area contributed by atoms with Crippen LogP contribution in [0.1, 0.15) is 6.92 Å². The molecule has 0 amide bonds. The van der Waals surface area contributed by atoms with Crippen molar-refractivity contribution in [2.75, 3.05) is 31.1 Å². The molecule has 1 aromatic rings. The van der Waals surface area contributed by atoms with E-state index in [1.54, 1.807) is 0 Å². The number of anilines is 1. The number of hydrogen-bond acceptors (Lipinski definition) is 3. The van der Waals surface area contributed by atoms with Crippen LogP contribution in [-0.2, 0) is 0 Å². The molecule has 1 aliphatic rings. The average Bonchev–Trinajstić information content (AvgIpc) is 2.30. The maximum absolute atomic E-state index is 4.52. The van der Waals surface area contributed by atoms with E-state index in [0.717, 1.165) is 42.6 Å². The molecule has 1 N–H and O–H groups in total. The van der Waals surface area contributed by atoms with Crippen molar-refractivity contribution in [2.45, 2.75) is 6.92 Å². The zero-order chi connectivity index (χ0) is 10.7. The van der Waals surface area contributed by atoms with E-state index >= 15 is 0 Å². The fourth-order valence-corrected chi connectivity index (χ4v) is 1.83. The Morgan fingerprint density at radius 1 is 1.40 bits per heavy atom. The lowest BCUT2D eigenvalue weighted by atomic mass is 10.3. The highest BCUT2D eigenvalue weighted by Crippen LogP contribution is 2.06. The topological polar surface area (TPSA) is 28.2 Å². The van der Waals surface area contributed by atoms with Crippen LogP contribution in [0, 0.1) is 0 Å². The van der Waals surface area contributed by atoms with Crippen LogP contribution in [0.5, 0.6) is 0 Å². The summed E-state index contributed by atoms with van der Waals surface area (Å²) in [5, 5.41) is 5.32. The summed E-state index contributed by atoms with van der Waals surface area (Å²) in [4.78, 5) is 6.82. The summed E-state index contributed by atoms with van der Waals surface area (Å²) in [6.07, 6.45) is 2.04. The SMILES string of the molecule is C=c1nc(N2CCNCC2)cc/c1=C/C. The number of rotatable bonds is 1. The summed E-state index contributed by atoms with van der Waals surface area (Å²) in [7, 11) is 0. The molecule has 0 saturated carbocycles. The van der Waals surface area contributed by atoms with E-state index in [1.807, 2.05) is 13.0 Å². The molecular weight excluding hydrogens is 186 g/mol. The zero-order valence-corrected chi connectivity index (χ0v) is 9.16. The van der Waals surface area contributed by atoms with Gasteiger partial charge in [0.15, 0.2) is 0 Å². The van der Waals surface area contributed by atoms with Gasteiger partial charge in [0.25, 0.3) is 0 Å². The summed E-state index contributed by atoms with van der Waals surface area (Å²) in [5.41, 5.74) is 0. The zero-order valence-electron chi connectivity index (χ0n) is 9.16. The van der Waals surface area contributed by atoms with E-state index in [4.69, 9.17) is 0 Å². The van der Waals surface area contributed by atoms with Crippen molar-refractivity contribution in [1.82, 2.24) is 10.3 Å². The van der Waals surface area contributed by atoms with Gasteiger partial charge in [-0.3, -0.25) is 0 Å². The molecule has 0 aromatic carbocycles. The maximum atomic E-state index is 4.52. The molecule has 0 radical (unpaired) electrons. The Hall–Kier alpha value is -1.35. The normalized spacial score (nSPS) is 18.2. The van der Waals surface area contributed by atoms with Crippen molar-refractivity contribution in [3.63, 3.8) is 0 Å². The molecule has 0 bridgehead atoms. The molecule has 2 heterocycles. The van der Waals surface area contributed by atoms with Gasteiger partial charge in [0, 0.05) is 26.2 Å². The standard InChI is InChI=1S/C12H17N3/c1-3-11-4-5-12(14-10(11)2)15-8-6-13-7-9-15/h3-5,13H,2,6-9H2,1H3/b11-3-. The highest BCUT2D eigenvalue weighted by molar-refractivity contribution is 5.40. The molecule has 3 nitrogen and oxygen atoms in total. The molecule has 1 aliphatic heterocycles. The van der Waals surface area contributed by atoms with Crippen molar-refractivity contribution in [3.05, 3.63) is 22.7 Å². The van der Waals surface area contributed by atoms with Crippen LogP contribution in [0.3, 0.4) is 0 Å². The smallest absolute Gasteiger partial charge is 0.129 e. The maximum Gasteiger partial charge on any atom is 0.129 e. The van der Waals surface area contributed by atoms with Gasteiger partial charge in [-0.1, -0.05) is 12.7 Å². The molecular formula is C12H17N3. The highest BCUT2D eigenvalue weighted by Gasteiger charge is 2.10. The largest absolute Gasteiger partial charge is 0.354 e. The Kier molecular flexibility index (Phi) is 3.02. The number of nitrogens with zero attached hydrogens (tertiary/aromatic N) is 2. The summed E-state index contributed by atoms with van der Waals surface area (Å²) in [6, 6.07) is 4.17. The molecule has 3 heteroatoms. The second-order valence-corrected chi connectivity index (χ2v) is 3.73. The van der Waals surface area contributed by atoms with Gasteiger partial charge in [-0.25, -0.2) is 4.98 Å². The summed E-state index contributed by atoms with van der Waals surface area (Å²) < 4.78 is 0. The van der Waals surface area contributed by atoms with Crippen LogP contribution < -0.4 is 20.8 Å². The highest BCUT2D eigenvalue weighted by atomic mass is 15.2. The van der Waals surface area contributed by atoms with Crippen molar-refractivity contribution >= 4 is 18.5 Å². The molecule has 1 saturated heterocycles. The van der Waals surface area contributed by atoms with Crippen LogP contribution >= 0.6 is 0 Å². The number of hydrogen-bond donors (Lipinski definition) is 1. The first kappa shape index (κ1) is 10.2. The Morgan fingerprint density at radius 2 is 2.13 bits per heavy atom. The predicted octanol–water partition coefficient (Wildman–Crippen LogP) is -0.298. The minimum atomic E-state index is 0.869. The van der Waals surface area contributed by atoms with Gasteiger partial charge in [0.1, 0.15) is 5.82 Å². The molecule has 0 spiro atoms. The first-order chi connectivity index (χ1) is 7.31. The minimum Gasteiger partial charge on any atom is -0.354 e. The first-order valence-electron chi connectivity index (χ1n) is 5.39. The third kappa shape index (κ3) is 2.18. The Bertz CT molecular complexity index is 433. The minimum absolute atomic E-state index is 0.869. The summed E-state index contributed by atoms with van der Waals surface area (Å²) in [6.45, 7) is 10.1. The molecule has 0 aliphatic carbocycles. The predicted molar refractivity (Wildman–Crippen MR) is 64.2 cm³/mol. The average molecular weight is 203 g/mol. The quantitative estimate of drug-likeness (QED) is 0.679. The van der Waals surface area contributed by atoms with E-state index in [1.165, 1.54) is 0 Å². The second kappa shape index (κ2) is 4.45. The molecule has 15 heavy (non-hydrogen) atoms. The van der Waals surface area contributed by atoms with E-state index in [9.17, 15) is 0 Å². The van der Waals surface area contributed by atoms with Gasteiger partial charge in [-0.05, 0) is 24.3 Å². The van der Waals surface area contributed by atoms with Gasteiger partial charge in [0.05, 0.1) is 5.35 Å².